The maximum Gasteiger partial charge on any atom is 0.290 e. The number of amides is 1. The molecule has 5 aromatic rings. The SMILES string of the molecule is COc1ccc(-c2cc(C(=O)N/N=C(\C)c3ccc4ccccc4c3)n(-c3ccccc3)n2)cc1. The fourth-order valence-electron chi connectivity index (χ4n) is 3.88. The zero-order valence-corrected chi connectivity index (χ0v) is 19.5. The molecule has 4 aromatic carbocycles. The van der Waals surface area contributed by atoms with E-state index in [1.54, 1.807) is 17.9 Å². The number of para-hydroxylation sites is 1. The number of carbonyl (C=O) groups is 1. The van der Waals surface area contributed by atoms with Crippen LogP contribution >= 0.6 is 0 Å². The third-order valence-corrected chi connectivity index (χ3v) is 5.82. The quantitative estimate of drug-likeness (QED) is 0.255. The Balaban J connectivity index is 1.46. The first-order valence-electron chi connectivity index (χ1n) is 11.3. The summed E-state index contributed by atoms with van der Waals surface area (Å²) >= 11 is 0. The van der Waals surface area contributed by atoms with E-state index in [9.17, 15) is 4.79 Å². The highest BCUT2D eigenvalue weighted by atomic mass is 16.5. The summed E-state index contributed by atoms with van der Waals surface area (Å²) in [5, 5.41) is 11.4. The first-order valence-corrected chi connectivity index (χ1v) is 11.3. The monoisotopic (exact) mass is 460 g/mol. The number of methoxy groups -OCH3 is 1. The van der Waals surface area contributed by atoms with Crippen LogP contribution in [0.2, 0.25) is 0 Å². The van der Waals surface area contributed by atoms with Crippen molar-refractivity contribution in [3.8, 4) is 22.7 Å². The Morgan fingerprint density at radius 1 is 0.857 bits per heavy atom. The number of fused-ring (bicyclic) bond motifs is 1. The molecular weight excluding hydrogens is 436 g/mol. The molecule has 0 aliphatic heterocycles. The maximum atomic E-state index is 13.2. The van der Waals surface area contributed by atoms with Crippen molar-refractivity contribution < 1.29 is 9.53 Å². The lowest BCUT2D eigenvalue weighted by Gasteiger charge is -2.07. The molecule has 0 bridgehead atoms. The number of hydrogen-bond acceptors (Lipinski definition) is 4. The van der Waals surface area contributed by atoms with Crippen LogP contribution in [0.5, 0.6) is 5.75 Å². The molecule has 6 heteroatoms. The molecule has 0 aliphatic carbocycles. The summed E-state index contributed by atoms with van der Waals surface area (Å²) in [7, 11) is 1.63. The number of benzene rings is 4. The van der Waals surface area contributed by atoms with E-state index in [0.717, 1.165) is 33.3 Å². The lowest BCUT2D eigenvalue weighted by Crippen LogP contribution is -2.22. The van der Waals surface area contributed by atoms with Crippen LogP contribution in [-0.4, -0.2) is 28.5 Å². The first kappa shape index (κ1) is 22.1. The molecule has 1 amide bonds. The molecule has 0 unspecified atom stereocenters. The Bertz CT molecular complexity index is 1520. The van der Waals surface area contributed by atoms with Crippen molar-refractivity contribution in [2.45, 2.75) is 6.92 Å². The predicted octanol–water partition coefficient (Wildman–Crippen LogP) is 5.86. The summed E-state index contributed by atoms with van der Waals surface area (Å²) in [5.74, 6) is 0.411. The zero-order chi connectivity index (χ0) is 24.2. The molecule has 0 saturated carbocycles. The minimum absolute atomic E-state index is 0.346. The average molecular weight is 461 g/mol. The second kappa shape index (κ2) is 9.65. The molecule has 6 nitrogen and oxygen atoms in total. The highest BCUT2D eigenvalue weighted by Crippen LogP contribution is 2.24. The Hall–Kier alpha value is -4.71. The van der Waals surface area contributed by atoms with Crippen LogP contribution in [0.25, 0.3) is 27.7 Å². The minimum atomic E-state index is -0.346. The summed E-state index contributed by atoms with van der Waals surface area (Å²) in [4.78, 5) is 13.2. The number of hydrazone groups is 1. The van der Waals surface area contributed by atoms with Gasteiger partial charge in [-0.15, -0.1) is 0 Å². The van der Waals surface area contributed by atoms with Crippen molar-refractivity contribution in [3.05, 3.63) is 114 Å². The molecule has 0 atom stereocenters. The fraction of sp³-hybridized carbons (Fsp3) is 0.0690. The van der Waals surface area contributed by atoms with E-state index < -0.39 is 0 Å². The van der Waals surface area contributed by atoms with E-state index in [4.69, 9.17) is 9.84 Å². The van der Waals surface area contributed by atoms with Crippen LogP contribution in [0.3, 0.4) is 0 Å². The summed E-state index contributed by atoms with van der Waals surface area (Å²) in [6.45, 7) is 1.88. The number of aromatic nitrogens is 2. The van der Waals surface area contributed by atoms with Crippen molar-refractivity contribution in [2.75, 3.05) is 7.11 Å². The van der Waals surface area contributed by atoms with Crippen molar-refractivity contribution >= 4 is 22.4 Å². The van der Waals surface area contributed by atoms with Crippen LogP contribution in [0.4, 0.5) is 0 Å². The van der Waals surface area contributed by atoms with E-state index in [1.165, 1.54) is 0 Å². The smallest absolute Gasteiger partial charge is 0.290 e. The van der Waals surface area contributed by atoms with Gasteiger partial charge in [-0.1, -0.05) is 54.6 Å². The van der Waals surface area contributed by atoms with Crippen LogP contribution in [0, 0.1) is 0 Å². The summed E-state index contributed by atoms with van der Waals surface area (Å²) < 4.78 is 6.89. The average Bonchev–Trinajstić information content (AvgIpc) is 3.37. The van der Waals surface area contributed by atoms with Gasteiger partial charge in [0.1, 0.15) is 11.4 Å². The van der Waals surface area contributed by atoms with E-state index in [1.807, 2.05) is 79.7 Å². The van der Waals surface area contributed by atoms with E-state index in [2.05, 4.69) is 34.8 Å². The minimum Gasteiger partial charge on any atom is -0.497 e. The van der Waals surface area contributed by atoms with Crippen LogP contribution in [0.1, 0.15) is 23.0 Å². The van der Waals surface area contributed by atoms with Crippen molar-refractivity contribution in [2.24, 2.45) is 5.10 Å². The van der Waals surface area contributed by atoms with Gasteiger partial charge in [0.2, 0.25) is 0 Å². The number of nitrogens with one attached hydrogen (secondary N) is 1. The topological polar surface area (TPSA) is 68.5 Å². The number of nitrogens with zero attached hydrogens (tertiary/aromatic N) is 3. The van der Waals surface area contributed by atoms with E-state index in [-0.39, 0.29) is 5.91 Å². The van der Waals surface area contributed by atoms with E-state index in [0.29, 0.717) is 17.1 Å². The Kier molecular flexibility index (Phi) is 6.09. The fourth-order valence-corrected chi connectivity index (χ4v) is 3.88. The lowest BCUT2D eigenvalue weighted by molar-refractivity contribution is 0.0947. The molecule has 35 heavy (non-hydrogen) atoms. The molecule has 1 aromatic heterocycles. The largest absolute Gasteiger partial charge is 0.497 e. The van der Waals surface area contributed by atoms with Gasteiger partial charge in [-0.3, -0.25) is 4.79 Å². The zero-order valence-electron chi connectivity index (χ0n) is 19.5. The van der Waals surface area contributed by atoms with Crippen molar-refractivity contribution in [1.82, 2.24) is 15.2 Å². The lowest BCUT2D eigenvalue weighted by atomic mass is 10.0. The van der Waals surface area contributed by atoms with Gasteiger partial charge in [0, 0.05) is 5.56 Å². The molecule has 0 saturated heterocycles. The molecule has 0 aliphatic rings. The highest BCUT2D eigenvalue weighted by molar-refractivity contribution is 6.03. The highest BCUT2D eigenvalue weighted by Gasteiger charge is 2.18. The molecule has 0 fully saturated rings. The number of ether oxygens (including phenoxy) is 1. The molecule has 5 rings (SSSR count). The molecule has 1 heterocycles. The van der Waals surface area contributed by atoms with Gasteiger partial charge in [-0.2, -0.15) is 10.2 Å². The van der Waals surface area contributed by atoms with Gasteiger partial charge in [0.05, 0.1) is 24.2 Å². The van der Waals surface area contributed by atoms with Gasteiger partial charge < -0.3 is 4.74 Å². The van der Waals surface area contributed by atoms with Gasteiger partial charge in [0.25, 0.3) is 5.91 Å². The molecule has 0 radical (unpaired) electrons. The van der Waals surface area contributed by atoms with E-state index >= 15 is 0 Å². The second-order valence-corrected chi connectivity index (χ2v) is 8.09. The van der Waals surface area contributed by atoms with Crippen LogP contribution in [-0.2, 0) is 0 Å². The third kappa shape index (κ3) is 4.68. The number of hydrogen-bond donors (Lipinski definition) is 1. The van der Waals surface area contributed by atoms with Gasteiger partial charge in [-0.05, 0) is 71.8 Å². The first-order chi connectivity index (χ1) is 17.1. The normalized spacial score (nSPS) is 11.4. The Morgan fingerprint density at radius 3 is 2.31 bits per heavy atom. The van der Waals surface area contributed by atoms with Crippen LogP contribution in [0.15, 0.2) is 108 Å². The predicted molar refractivity (Wildman–Crippen MR) is 139 cm³/mol. The third-order valence-electron chi connectivity index (χ3n) is 5.82. The molecule has 172 valence electrons. The molecule has 0 spiro atoms. The Labute approximate surface area is 203 Å². The summed E-state index contributed by atoms with van der Waals surface area (Å²) in [5.41, 5.74) is 7.09. The Morgan fingerprint density at radius 2 is 1.57 bits per heavy atom. The van der Waals surface area contributed by atoms with Crippen molar-refractivity contribution in [3.63, 3.8) is 0 Å². The molecule has 1 N–H and O–H groups in total. The maximum absolute atomic E-state index is 13.2. The van der Waals surface area contributed by atoms with Gasteiger partial charge in [0.15, 0.2) is 0 Å². The second-order valence-electron chi connectivity index (χ2n) is 8.09. The number of rotatable bonds is 6. The van der Waals surface area contributed by atoms with Crippen LogP contribution < -0.4 is 10.2 Å². The molecular formula is C29H24N4O2. The van der Waals surface area contributed by atoms with Gasteiger partial charge in [-0.25, -0.2) is 10.1 Å². The summed E-state index contributed by atoms with van der Waals surface area (Å²) in [6, 6.07) is 33.2. The summed E-state index contributed by atoms with van der Waals surface area (Å²) in [6.07, 6.45) is 0. The van der Waals surface area contributed by atoms with Gasteiger partial charge >= 0.3 is 0 Å². The van der Waals surface area contributed by atoms with Crippen molar-refractivity contribution in [1.29, 1.82) is 0 Å². The number of carbonyl (C=O) groups excluding carboxylic acids is 1. The standard InChI is InChI=1S/C29H24N4O2/c1-20(23-13-12-21-8-6-7-9-24(21)18-23)30-31-29(34)28-19-27(22-14-16-26(35-2)17-15-22)32-33(28)25-10-4-3-5-11-25/h3-19H,1-2H3,(H,31,34)/b30-20+.